The van der Waals surface area contributed by atoms with Gasteiger partial charge < -0.3 is 14.8 Å². The standard InChI is InChI=1S/C20H25NO4S/c1-13(2)17-8-7-16(10-14(17)3)24-12-20(23)25-11-19(22)21-15(4)18-6-5-9-26-18/h5-10,13,15H,11-12H2,1-4H3,(H,21,22)/t15-/m0/s1. The van der Waals surface area contributed by atoms with Crippen LogP contribution in [0.3, 0.4) is 0 Å². The summed E-state index contributed by atoms with van der Waals surface area (Å²) >= 11 is 1.56. The Morgan fingerprint density at radius 3 is 2.54 bits per heavy atom. The summed E-state index contributed by atoms with van der Waals surface area (Å²) in [7, 11) is 0. The Hall–Kier alpha value is -2.34. The van der Waals surface area contributed by atoms with Crippen LogP contribution in [0.1, 0.15) is 48.7 Å². The number of nitrogens with one attached hydrogen (secondary N) is 1. The van der Waals surface area contributed by atoms with E-state index in [-0.39, 0.29) is 25.2 Å². The first-order valence-electron chi connectivity index (χ1n) is 8.58. The average Bonchev–Trinajstić information content (AvgIpc) is 3.12. The van der Waals surface area contributed by atoms with Crippen LogP contribution in [-0.2, 0) is 14.3 Å². The molecule has 1 amide bonds. The van der Waals surface area contributed by atoms with Crippen LogP contribution in [0.15, 0.2) is 35.7 Å². The Labute approximate surface area is 158 Å². The van der Waals surface area contributed by atoms with Crippen molar-refractivity contribution in [2.75, 3.05) is 13.2 Å². The maximum atomic E-state index is 11.8. The predicted molar refractivity (Wildman–Crippen MR) is 103 cm³/mol. The highest BCUT2D eigenvalue weighted by molar-refractivity contribution is 7.10. The van der Waals surface area contributed by atoms with Gasteiger partial charge in [0.1, 0.15) is 5.75 Å². The summed E-state index contributed by atoms with van der Waals surface area (Å²) in [6, 6.07) is 9.50. The fourth-order valence-corrected chi connectivity index (χ4v) is 3.34. The van der Waals surface area contributed by atoms with Gasteiger partial charge in [0.05, 0.1) is 6.04 Å². The zero-order valence-electron chi connectivity index (χ0n) is 15.6. The minimum Gasteiger partial charge on any atom is -0.482 e. The average molecular weight is 375 g/mol. The monoisotopic (exact) mass is 375 g/mol. The van der Waals surface area contributed by atoms with Crippen molar-refractivity contribution in [2.24, 2.45) is 0 Å². The summed E-state index contributed by atoms with van der Waals surface area (Å²) in [4.78, 5) is 24.7. The molecule has 0 aliphatic rings. The third-order valence-electron chi connectivity index (χ3n) is 3.93. The molecule has 0 aliphatic carbocycles. The molecule has 2 rings (SSSR count). The SMILES string of the molecule is Cc1cc(OCC(=O)OCC(=O)N[C@@H](C)c2cccs2)ccc1C(C)C. The highest BCUT2D eigenvalue weighted by Gasteiger charge is 2.13. The normalized spacial score (nSPS) is 11.9. The van der Waals surface area contributed by atoms with Crippen molar-refractivity contribution in [3.8, 4) is 5.75 Å². The number of carbonyl (C=O) groups is 2. The van der Waals surface area contributed by atoms with Crippen molar-refractivity contribution in [3.63, 3.8) is 0 Å². The summed E-state index contributed by atoms with van der Waals surface area (Å²) < 4.78 is 10.4. The number of esters is 1. The molecule has 1 N–H and O–H groups in total. The lowest BCUT2D eigenvalue weighted by Gasteiger charge is -2.13. The van der Waals surface area contributed by atoms with Gasteiger partial charge in [0.2, 0.25) is 0 Å². The summed E-state index contributed by atoms with van der Waals surface area (Å²) in [5, 5.41) is 4.74. The Morgan fingerprint density at radius 2 is 1.92 bits per heavy atom. The van der Waals surface area contributed by atoms with E-state index in [1.807, 2.05) is 49.6 Å². The second-order valence-corrected chi connectivity index (χ2v) is 7.41. The van der Waals surface area contributed by atoms with E-state index in [9.17, 15) is 9.59 Å². The summed E-state index contributed by atoms with van der Waals surface area (Å²) in [5.74, 6) is 0.134. The molecule has 0 saturated heterocycles. The number of ether oxygens (including phenoxy) is 2. The molecular formula is C20H25NO4S. The largest absolute Gasteiger partial charge is 0.482 e. The molecule has 140 valence electrons. The Bertz CT molecular complexity index is 740. The van der Waals surface area contributed by atoms with E-state index >= 15 is 0 Å². The molecule has 0 spiro atoms. The van der Waals surface area contributed by atoms with Crippen molar-refractivity contribution in [1.82, 2.24) is 5.32 Å². The van der Waals surface area contributed by atoms with Crippen LogP contribution in [0.25, 0.3) is 0 Å². The first-order chi connectivity index (χ1) is 12.4. The quantitative estimate of drug-likeness (QED) is 0.709. The molecule has 0 saturated carbocycles. The van der Waals surface area contributed by atoms with Gasteiger partial charge in [-0.25, -0.2) is 4.79 Å². The van der Waals surface area contributed by atoms with Crippen molar-refractivity contribution in [3.05, 3.63) is 51.7 Å². The predicted octanol–water partition coefficient (Wildman–Crippen LogP) is 3.98. The number of thiophene rings is 1. The van der Waals surface area contributed by atoms with Gasteiger partial charge in [-0.1, -0.05) is 26.0 Å². The lowest BCUT2D eigenvalue weighted by Crippen LogP contribution is -2.31. The van der Waals surface area contributed by atoms with Gasteiger partial charge in [0.25, 0.3) is 5.91 Å². The van der Waals surface area contributed by atoms with Gasteiger partial charge in [-0.3, -0.25) is 4.79 Å². The molecule has 2 aromatic rings. The molecule has 0 aliphatic heterocycles. The second kappa shape index (κ2) is 9.38. The molecule has 6 heteroatoms. The Kier molecular flexibility index (Phi) is 7.21. The van der Waals surface area contributed by atoms with Gasteiger partial charge in [0.15, 0.2) is 13.2 Å². The number of hydrogen-bond donors (Lipinski definition) is 1. The summed E-state index contributed by atoms with van der Waals surface area (Å²) in [6.07, 6.45) is 0. The zero-order valence-corrected chi connectivity index (χ0v) is 16.4. The molecule has 0 fully saturated rings. The summed E-state index contributed by atoms with van der Waals surface area (Å²) in [6.45, 7) is 7.62. The van der Waals surface area contributed by atoms with Crippen molar-refractivity contribution in [1.29, 1.82) is 0 Å². The third-order valence-corrected chi connectivity index (χ3v) is 4.99. The maximum Gasteiger partial charge on any atom is 0.344 e. The summed E-state index contributed by atoms with van der Waals surface area (Å²) in [5.41, 5.74) is 2.37. The lowest BCUT2D eigenvalue weighted by atomic mass is 9.98. The fourth-order valence-electron chi connectivity index (χ4n) is 2.61. The van der Waals surface area contributed by atoms with E-state index in [0.29, 0.717) is 11.7 Å². The number of hydrogen-bond acceptors (Lipinski definition) is 5. The maximum absolute atomic E-state index is 11.8. The highest BCUT2D eigenvalue weighted by atomic mass is 32.1. The molecule has 1 heterocycles. The van der Waals surface area contributed by atoms with Gasteiger partial charge >= 0.3 is 5.97 Å². The van der Waals surface area contributed by atoms with Crippen LogP contribution >= 0.6 is 11.3 Å². The lowest BCUT2D eigenvalue weighted by molar-refractivity contribution is -0.150. The second-order valence-electron chi connectivity index (χ2n) is 6.43. The van der Waals surface area contributed by atoms with Crippen molar-refractivity contribution >= 4 is 23.2 Å². The molecule has 1 aromatic carbocycles. The van der Waals surface area contributed by atoms with Crippen LogP contribution in [0.2, 0.25) is 0 Å². The van der Waals surface area contributed by atoms with Crippen LogP contribution in [0, 0.1) is 6.92 Å². The van der Waals surface area contributed by atoms with Gasteiger partial charge in [-0.15, -0.1) is 11.3 Å². The van der Waals surface area contributed by atoms with Crippen molar-refractivity contribution < 1.29 is 19.1 Å². The Balaban J connectivity index is 1.73. The van der Waals surface area contributed by atoms with Crippen molar-refractivity contribution in [2.45, 2.75) is 39.7 Å². The number of rotatable bonds is 8. The number of benzene rings is 1. The minimum absolute atomic E-state index is 0.111. The van der Waals surface area contributed by atoms with Gasteiger partial charge in [-0.05, 0) is 54.5 Å². The molecular weight excluding hydrogens is 350 g/mol. The molecule has 5 nitrogen and oxygen atoms in total. The molecule has 1 atom stereocenters. The van der Waals surface area contributed by atoms with Gasteiger partial charge in [-0.2, -0.15) is 0 Å². The van der Waals surface area contributed by atoms with E-state index in [4.69, 9.17) is 9.47 Å². The highest BCUT2D eigenvalue weighted by Crippen LogP contribution is 2.23. The van der Waals surface area contributed by atoms with E-state index in [2.05, 4.69) is 19.2 Å². The number of amides is 1. The Morgan fingerprint density at radius 1 is 1.15 bits per heavy atom. The first kappa shape index (κ1) is 20.0. The fraction of sp³-hybridized carbons (Fsp3) is 0.400. The molecule has 1 aromatic heterocycles. The van der Waals surface area contributed by atoms with Crippen LogP contribution in [0.5, 0.6) is 5.75 Å². The minimum atomic E-state index is -0.575. The molecule has 26 heavy (non-hydrogen) atoms. The molecule has 0 bridgehead atoms. The topological polar surface area (TPSA) is 64.6 Å². The van der Waals surface area contributed by atoms with E-state index in [0.717, 1.165) is 10.4 Å². The van der Waals surface area contributed by atoms with E-state index in [1.165, 1.54) is 5.56 Å². The number of aryl methyl sites for hydroxylation is 1. The molecule has 0 unspecified atom stereocenters. The van der Waals surface area contributed by atoms with E-state index < -0.39 is 5.97 Å². The van der Waals surface area contributed by atoms with E-state index in [1.54, 1.807) is 11.3 Å². The zero-order chi connectivity index (χ0) is 19.1. The van der Waals surface area contributed by atoms with Crippen LogP contribution in [-0.4, -0.2) is 25.1 Å². The molecule has 0 radical (unpaired) electrons. The number of carbonyl (C=O) groups excluding carboxylic acids is 2. The first-order valence-corrected chi connectivity index (χ1v) is 9.46. The van der Waals surface area contributed by atoms with Gasteiger partial charge in [0, 0.05) is 4.88 Å². The third kappa shape index (κ3) is 5.88. The van der Waals surface area contributed by atoms with Crippen LogP contribution < -0.4 is 10.1 Å². The van der Waals surface area contributed by atoms with Crippen LogP contribution in [0.4, 0.5) is 0 Å². The smallest absolute Gasteiger partial charge is 0.344 e.